The largest absolute Gasteiger partial charge is 0.463 e. The molecule has 0 bridgehead atoms. The molecule has 0 aromatic heterocycles. The fourth-order valence-corrected chi connectivity index (χ4v) is 1.77. The maximum atomic E-state index is 5.45. The molecule has 1 aliphatic heterocycles. The monoisotopic (exact) mass is 195 g/mol. The van der Waals surface area contributed by atoms with Crippen molar-refractivity contribution >= 4 is 17.0 Å². The van der Waals surface area contributed by atoms with Gasteiger partial charge in [0.1, 0.15) is 12.0 Å². The minimum absolute atomic E-state index is 0.853. The highest BCUT2D eigenvalue weighted by molar-refractivity contribution is 6.02. The third kappa shape index (κ3) is 1.31. The number of ether oxygens (including phenoxy) is 1. The number of hydrogen-bond acceptors (Lipinski definition) is 2. The Morgan fingerprint density at radius 1 is 1.00 bits per heavy atom. The molecule has 0 saturated heterocycles. The summed E-state index contributed by atoms with van der Waals surface area (Å²) in [6, 6.07) is 12.2. The van der Waals surface area contributed by atoms with E-state index in [0.717, 1.165) is 11.3 Å². The zero-order valence-corrected chi connectivity index (χ0v) is 8.05. The first-order valence-corrected chi connectivity index (χ1v) is 4.82. The van der Waals surface area contributed by atoms with Gasteiger partial charge in [0.25, 0.3) is 0 Å². The summed E-state index contributed by atoms with van der Waals surface area (Å²) < 4.78 is 5.45. The van der Waals surface area contributed by atoms with E-state index in [1.807, 2.05) is 24.4 Å². The molecule has 0 saturated carbocycles. The average molecular weight is 195 g/mol. The van der Waals surface area contributed by atoms with Crippen LogP contribution in [0.1, 0.15) is 5.56 Å². The van der Waals surface area contributed by atoms with Gasteiger partial charge in [-0.2, -0.15) is 0 Å². The molecule has 72 valence electrons. The Morgan fingerprint density at radius 2 is 1.93 bits per heavy atom. The first kappa shape index (κ1) is 8.24. The molecule has 2 aromatic rings. The summed E-state index contributed by atoms with van der Waals surface area (Å²) >= 11 is 0. The lowest BCUT2D eigenvalue weighted by Gasteiger charge is -2.06. The first-order valence-electron chi connectivity index (χ1n) is 4.82. The van der Waals surface area contributed by atoms with Crippen LogP contribution in [0.15, 0.2) is 53.9 Å². The van der Waals surface area contributed by atoms with E-state index in [1.54, 1.807) is 12.5 Å². The number of rotatable bonds is 0. The van der Waals surface area contributed by atoms with E-state index in [-0.39, 0.29) is 0 Å². The van der Waals surface area contributed by atoms with Gasteiger partial charge < -0.3 is 4.74 Å². The molecule has 1 aliphatic rings. The van der Waals surface area contributed by atoms with Gasteiger partial charge in [0.2, 0.25) is 0 Å². The molecule has 2 heteroatoms. The average Bonchev–Trinajstić information content (AvgIpc) is 2.54. The second kappa shape index (κ2) is 3.24. The summed E-state index contributed by atoms with van der Waals surface area (Å²) in [4.78, 5) is 4.13. The Hall–Kier alpha value is -2.09. The fourth-order valence-electron chi connectivity index (χ4n) is 1.77. The first-order chi connectivity index (χ1) is 7.45. The summed E-state index contributed by atoms with van der Waals surface area (Å²) in [7, 11) is 0. The summed E-state index contributed by atoms with van der Waals surface area (Å²) in [5.41, 5.74) is 1.04. The molecule has 0 atom stereocenters. The summed E-state index contributed by atoms with van der Waals surface area (Å²) in [5, 5.41) is 2.37. The lowest BCUT2D eigenvalue weighted by atomic mass is 10.0. The maximum Gasteiger partial charge on any atom is 0.136 e. The van der Waals surface area contributed by atoms with Crippen LogP contribution in [0.5, 0.6) is 5.75 Å². The van der Waals surface area contributed by atoms with Crippen molar-refractivity contribution in [3.05, 3.63) is 54.4 Å². The SMILES string of the molecule is C1=COc2ccc3ccccc3c2C=N1. The molecule has 2 nitrogen and oxygen atoms in total. The number of hydrogen-bond donors (Lipinski definition) is 0. The normalized spacial score (nSPS) is 13.3. The van der Waals surface area contributed by atoms with Gasteiger partial charge in [0.15, 0.2) is 0 Å². The van der Waals surface area contributed by atoms with Gasteiger partial charge in [-0.1, -0.05) is 30.3 Å². The Balaban J connectivity index is 2.38. The third-order valence-electron chi connectivity index (χ3n) is 2.48. The highest BCUT2D eigenvalue weighted by Gasteiger charge is 2.06. The standard InChI is InChI=1S/C13H9NO/c1-2-4-11-10(3-1)5-6-13-12(11)9-14-7-8-15-13/h1-9H. The van der Waals surface area contributed by atoms with Gasteiger partial charge in [-0.05, 0) is 16.8 Å². The van der Waals surface area contributed by atoms with Gasteiger partial charge in [-0.3, -0.25) is 4.99 Å². The number of aliphatic imine (C=N–C) groups is 1. The van der Waals surface area contributed by atoms with Crippen LogP contribution >= 0.6 is 0 Å². The minimum Gasteiger partial charge on any atom is -0.463 e. The highest BCUT2D eigenvalue weighted by atomic mass is 16.5. The van der Waals surface area contributed by atoms with E-state index < -0.39 is 0 Å². The van der Waals surface area contributed by atoms with Crippen LogP contribution in [0, 0.1) is 0 Å². The van der Waals surface area contributed by atoms with Crippen molar-refractivity contribution in [2.45, 2.75) is 0 Å². The Morgan fingerprint density at radius 3 is 2.93 bits per heavy atom. The lowest BCUT2D eigenvalue weighted by molar-refractivity contribution is 0.481. The van der Waals surface area contributed by atoms with Crippen molar-refractivity contribution in [3.8, 4) is 5.75 Å². The highest BCUT2D eigenvalue weighted by Crippen LogP contribution is 2.27. The van der Waals surface area contributed by atoms with Gasteiger partial charge in [0.05, 0.1) is 6.20 Å². The topological polar surface area (TPSA) is 21.6 Å². The molecule has 0 spiro atoms. The zero-order chi connectivity index (χ0) is 10.1. The molecule has 2 aromatic carbocycles. The van der Waals surface area contributed by atoms with Gasteiger partial charge in [-0.25, -0.2) is 0 Å². The quantitative estimate of drug-likeness (QED) is 0.632. The van der Waals surface area contributed by atoms with Crippen molar-refractivity contribution in [3.63, 3.8) is 0 Å². The second-order valence-corrected chi connectivity index (χ2v) is 3.38. The number of nitrogens with zero attached hydrogens (tertiary/aromatic N) is 1. The van der Waals surface area contributed by atoms with E-state index in [0.29, 0.717) is 0 Å². The van der Waals surface area contributed by atoms with Crippen LogP contribution in [0.4, 0.5) is 0 Å². The van der Waals surface area contributed by atoms with E-state index in [9.17, 15) is 0 Å². The predicted molar refractivity (Wildman–Crippen MR) is 61.3 cm³/mol. The van der Waals surface area contributed by atoms with Gasteiger partial charge in [-0.15, -0.1) is 0 Å². The van der Waals surface area contributed by atoms with E-state index in [1.165, 1.54) is 10.8 Å². The smallest absolute Gasteiger partial charge is 0.136 e. The molecule has 0 radical (unpaired) electrons. The third-order valence-corrected chi connectivity index (χ3v) is 2.48. The molecular formula is C13H9NO. The molecule has 1 heterocycles. The van der Waals surface area contributed by atoms with Crippen LogP contribution < -0.4 is 4.74 Å². The van der Waals surface area contributed by atoms with Gasteiger partial charge >= 0.3 is 0 Å². The Kier molecular flexibility index (Phi) is 1.78. The van der Waals surface area contributed by atoms with Crippen LogP contribution in [-0.4, -0.2) is 6.21 Å². The summed E-state index contributed by atoms with van der Waals surface area (Å²) in [6.07, 6.45) is 5.08. The van der Waals surface area contributed by atoms with Crippen molar-refractivity contribution < 1.29 is 4.74 Å². The predicted octanol–water partition coefficient (Wildman–Crippen LogP) is 3.12. The maximum absolute atomic E-state index is 5.45. The van der Waals surface area contributed by atoms with Crippen LogP contribution in [0.25, 0.3) is 10.8 Å². The molecule has 0 unspecified atom stereocenters. The molecule has 0 amide bonds. The Bertz CT molecular complexity index is 570. The van der Waals surface area contributed by atoms with E-state index >= 15 is 0 Å². The van der Waals surface area contributed by atoms with Crippen LogP contribution in [-0.2, 0) is 0 Å². The zero-order valence-electron chi connectivity index (χ0n) is 8.05. The number of fused-ring (bicyclic) bond motifs is 3. The summed E-state index contributed by atoms with van der Waals surface area (Å²) in [5.74, 6) is 0.853. The molecule has 0 fully saturated rings. The van der Waals surface area contributed by atoms with Crippen molar-refractivity contribution in [2.75, 3.05) is 0 Å². The van der Waals surface area contributed by atoms with Crippen LogP contribution in [0.3, 0.4) is 0 Å². The van der Waals surface area contributed by atoms with Gasteiger partial charge in [0, 0.05) is 11.8 Å². The van der Waals surface area contributed by atoms with Crippen molar-refractivity contribution in [1.29, 1.82) is 0 Å². The molecule has 0 N–H and O–H groups in total. The van der Waals surface area contributed by atoms with Crippen molar-refractivity contribution in [1.82, 2.24) is 0 Å². The molecule has 0 aliphatic carbocycles. The summed E-state index contributed by atoms with van der Waals surface area (Å²) in [6.45, 7) is 0. The van der Waals surface area contributed by atoms with Crippen LogP contribution in [0.2, 0.25) is 0 Å². The second-order valence-electron chi connectivity index (χ2n) is 3.38. The molecular weight excluding hydrogens is 186 g/mol. The minimum atomic E-state index is 0.853. The van der Waals surface area contributed by atoms with Crippen molar-refractivity contribution in [2.24, 2.45) is 4.99 Å². The van der Waals surface area contributed by atoms with E-state index in [4.69, 9.17) is 4.74 Å². The lowest BCUT2D eigenvalue weighted by Crippen LogP contribution is -1.89. The number of benzene rings is 2. The molecule has 15 heavy (non-hydrogen) atoms. The fraction of sp³-hybridized carbons (Fsp3) is 0. The Labute approximate surface area is 87.5 Å². The van der Waals surface area contributed by atoms with E-state index in [2.05, 4.69) is 23.2 Å². The molecule has 3 rings (SSSR count).